The van der Waals surface area contributed by atoms with Crippen LogP contribution >= 0.6 is 23.1 Å². The van der Waals surface area contributed by atoms with Crippen molar-refractivity contribution in [3.05, 3.63) is 0 Å². The number of carbonyl (C=O) groups is 1. The van der Waals surface area contributed by atoms with Crippen LogP contribution in [0.4, 0.5) is 5.13 Å². The lowest BCUT2D eigenvalue weighted by Crippen LogP contribution is -2.07. The molecule has 0 aliphatic rings. The first-order chi connectivity index (χ1) is 6.50. The minimum Gasteiger partial charge on any atom is -0.353 e. The third-order valence-corrected chi connectivity index (χ3v) is 4.02. The number of aromatic nitrogens is 2. The van der Waals surface area contributed by atoms with Crippen LogP contribution in [0, 0.1) is 0 Å². The molecule has 0 bridgehead atoms. The molecule has 0 saturated carbocycles. The summed E-state index contributed by atoms with van der Waals surface area (Å²) in [6.07, 6.45) is 0. The molecule has 14 heavy (non-hydrogen) atoms. The van der Waals surface area contributed by atoms with Gasteiger partial charge in [-0.2, -0.15) is 0 Å². The first-order valence-electron chi connectivity index (χ1n) is 4.18. The summed E-state index contributed by atoms with van der Waals surface area (Å²) in [6.45, 7) is 3.47. The van der Waals surface area contributed by atoms with Gasteiger partial charge in [0.2, 0.25) is 5.13 Å². The minimum absolute atomic E-state index is 0.0436. The Kier molecular flexibility index (Phi) is 3.88. The van der Waals surface area contributed by atoms with Crippen molar-refractivity contribution < 1.29 is 4.79 Å². The Labute approximate surface area is 91.7 Å². The van der Waals surface area contributed by atoms with E-state index in [1.54, 1.807) is 6.92 Å². The molecule has 0 fully saturated rings. The molecule has 0 radical (unpaired) electrons. The number of hydrogen-bond donors (Lipinski definition) is 0. The molecule has 0 aliphatic carbocycles. The lowest BCUT2D eigenvalue weighted by Gasteiger charge is -2.04. The average molecular weight is 231 g/mol. The summed E-state index contributed by atoms with van der Waals surface area (Å²) in [5, 5.41) is 8.81. The van der Waals surface area contributed by atoms with Gasteiger partial charge in [-0.15, -0.1) is 10.2 Å². The molecule has 1 unspecified atom stereocenters. The molecule has 0 amide bonds. The second-order valence-corrected chi connectivity index (χ2v) is 5.66. The third-order valence-electron chi connectivity index (χ3n) is 1.63. The molecule has 6 heteroatoms. The van der Waals surface area contributed by atoms with Gasteiger partial charge in [-0.1, -0.05) is 23.1 Å². The number of thioether (sulfide) groups is 1. The predicted molar refractivity (Wildman–Crippen MR) is 60.2 cm³/mol. The quantitative estimate of drug-likeness (QED) is 0.738. The Balaban J connectivity index is 2.64. The zero-order valence-corrected chi connectivity index (χ0v) is 10.3. The zero-order valence-electron chi connectivity index (χ0n) is 8.64. The normalized spacial score (nSPS) is 12.6. The summed E-state index contributed by atoms with van der Waals surface area (Å²) in [4.78, 5) is 12.9. The smallest absolute Gasteiger partial charge is 0.208 e. The van der Waals surface area contributed by atoms with E-state index in [0.29, 0.717) is 0 Å². The van der Waals surface area contributed by atoms with Crippen LogP contribution in [0.3, 0.4) is 0 Å². The summed E-state index contributed by atoms with van der Waals surface area (Å²) < 4.78 is 0.844. The molecule has 4 nitrogen and oxygen atoms in total. The number of nitrogens with zero attached hydrogens (tertiary/aromatic N) is 3. The van der Waals surface area contributed by atoms with Crippen LogP contribution in [0.5, 0.6) is 0 Å². The second kappa shape index (κ2) is 4.75. The molecule has 1 rings (SSSR count). The molecule has 1 aromatic rings. The highest BCUT2D eigenvalue weighted by Gasteiger charge is 2.13. The van der Waals surface area contributed by atoms with Crippen LogP contribution < -0.4 is 4.90 Å². The Morgan fingerprint density at radius 3 is 2.57 bits per heavy atom. The highest BCUT2D eigenvalue weighted by atomic mass is 32.2. The lowest BCUT2D eigenvalue weighted by atomic mass is 10.3. The maximum atomic E-state index is 11.0. The number of carbonyl (C=O) groups excluding carboxylic acids is 1. The van der Waals surface area contributed by atoms with E-state index in [1.807, 2.05) is 25.9 Å². The van der Waals surface area contributed by atoms with E-state index in [2.05, 4.69) is 10.2 Å². The van der Waals surface area contributed by atoms with Crippen LogP contribution in [-0.4, -0.2) is 35.3 Å². The van der Waals surface area contributed by atoms with Gasteiger partial charge < -0.3 is 4.90 Å². The minimum atomic E-state index is -0.0436. The van der Waals surface area contributed by atoms with Crippen molar-refractivity contribution >= 4 is 34.0 Å². The number of ketones is 1. The summed E-state index contributed by atoms with van der Waals surface area (Å²) in [7, 11) is 3.84. The van der Waals surface area contributed by atoms with Gasteiger partial charge in [-0.05, 0) is 13.8 Å². The van der Waals surface area contributed by atoms with Crippen LogP contribution in [0.1, 0.15) is 13.8 Å². The van der Waals surface area contributed by atoms with Gasteiger partial charge in [-0.3, -0.25) is 4.79 Å². The van der Waals surface area contributed by atoms with E-state index in [9.17, 15) is 4.79 Å². The van der Waals surface area contributed by atoms with E-state index < -0.39 is 0 Å². The summed E-state index contributed by atoms with van der Waals surface area (Å²) in [6, 6.07) is 0. The highest BCUT2D eigenvalue weighted by molar-refractivity contribution is 8.02. The van der Waals surface area contributed by atoms with Gasteiger partial charge >= 0.3 is 0 Å². The van der Waals surface area contributed by atoms with Crippen molar-refractivity contribution in [2.45, 2.75) is 23.4 Å². The van der Waals surface area contributed by atoms with Crippen LogP contribution in [0.15, 0.2) is 4.34 Å². The Morgan fingerprint density at radius 1 is 1.50 bits per heavy atom. The molecule has 0 saturated heterocycles. The predicted octanol–water partition coefficient (Wildman–Crippen LogP) is 1.67. The average Bonchev–Trinajstić information content (AvgIpc) is 2.52. The maximum Gasteiger partial charge on any atom is 0.208 e. The maximum absolute atomic E-state index is 11.0. The number of Topliss-reactive ketones (excluding diaryl/α,β-unsaturated/α-hetero) is 1. The zero-order chi connectivity index (χ0) is 10.7. The monoisotopic (exact) mass is 231 g/mol. The van der Waals surface area contributed by atoms with Crippen molar-refractivity contribution in [1.29, 1.82) is 0 Å². The molecular weight excluding hydrogens is 218 g/mol. The fraction of sp³-hybridized carbons (Fsp3) is 0.625. The SMILES string of the molecule is CC(=O)C(C)Sc1nnc(N(C)C)s1. The molecule has 0 aliphatic heterocycles. The number of anilines is 1. The fourth-order valence-electron chi connectivity index (χ4n) is 0.665. The summed E-state index contributed by atoms with van der Waals surface area (Å²) >= 11 is 2.96. The fourth-order valence-corrected chi connectivity index (χ4v) is 2.57. The summed E-state index contributed by atoms with van der Waals surface area (Å²) in [5.41, 5.74) is 0. The van der Waals surface area contributed by atoms with Crippen molar-refractivity contribution in [3.63, 3.8) is 0 Å². The molecule has 78 valence electrons. The molecular formula is C8H13N3OS2. The highest BCUT2D eigenvalue weighted by Crippen LogP contribution is 2.29. The number of rotatable bonds is 4. The number of hydrogen-bond acceptors (Lipinski definition) is 6. The van der Waals surface area contributed by atoms with Crippen molar-refractivity contribution in [2.24, 2.45) is 0 Å². The molecule has 0 N–H and O–H groups in total. The standard InChI is InChI=1S/C8H13N3OS2/c1-5(12)6(2)13-8-10-9-7(14-8)11(3)4/h6H,1-4H3. The van der Waals surface area contributed by atoms with Crippen LogP contribution in [0.2, 0.25) is 0 Å². The molecule has 0 spiro atoms. The van der Waals surface area contributed by atoms with Gasteiger partial charge in [0.15, 0.2) is 4.34 Å². The van der Waals surface area contributed by atoms with E-state index in [1.165, 1.54) is 23.1 Å². The van der Waals surface area contributed by atoms with E-state index >= 15 is 0 Å². The van der Waals surface area contributed by atoms with Gasteiger partial charge in [0.25, 0.3) is 0 Å². The first-order valence-corrected chi connectivity index (χ1v) is 5.88. The van der Waals surface area contributed by atoms with Gasteiger partial charge in [-0.25, -0.2) is 0 Å². The Morgan fingerprint density at radius 2 is 2.14 bits per heavy atom. The molecule has 0 aromatic carbocycles. The van der Waals surface area contributed by atoms with Gasteiger partial charge in [0, 0.05) is 14.1 Å². The van der Waals surface area contributed by atoms with Crippen molar-refractivity contribution in [3.8, 4) is 0 Å². The Hall–Kier alpha value is -0.620. The molecule has 1 heterocycles. The van der Waals surface area contributed by atoms with E-state index in [4.69, 9.17) is 0 Å². The van der Waals surface area contributed by atoms with E-state index in [-0.39, 0.29) is 11.0 Å². The first kappa shape index (κ1) is 11.5. The van der Waals surface area contributed by atoms with Crippen molar-refractivity contribution in [2.75, 3.05) is 19.0 Å². The Bertz CT molecular complexity index is 324. The van der Waals surface area contributed by atoms with Gasteiger partial charge in [0.1, 0.15) is 5.78 Å². The third kappa shape index (κ3) is 2.95. The van der Waals surface area contributed by atoms with Crippen molar-refractivity contribution in [1.82, 2.24) is 10.2 Å². The molecule has 1 aromatic heterocycles. The lowest BCUT2D eigenvalue weighted by molar-refractivity contribution is -0.116. The topological polar surface area (TPSA) is 46.1 Å². The second-order valence-electron chi connectivity index (χ2n) is 3.12. The summed E-state index contributed by atoms with van der Waals surface area (Å²) in [5.74, 6) is 0.164. The largest absolute Gasteiger partial charge is 0.353 e. The van der Waals surface area contributed by atoms with Crippen LogP contribution in [-0.2, 0) is 4.79 Å². The molecule has 1 atom stereocenters. The van der Waals surface area contributed by atoms with Gasteiger partial charge in [0.05, 0.1) is 5.25 Å². The van der Waals surface area contributed by atoms with E-state index in [0.717, 1.165) is 9.47 Å². The van der Waals surface area contributed by atoms with Crippen LogP contribution in [0.25, 0.3) is 0 Å².